The summed E-state index contributed by atoms with van der Waals surface area (Å²) in [4.78, 5) is 23.5. The number of halogens is 2. The molecule has 128 valence electrons. The van der Waals surface area contributed by atoms with Crippen LogP contribution in [0.5, 0.6) is 0 Å². The third kappa shape index (κ3) is 6.52. The standard InChI is InChI=1S/C15H20FN3O3.ClH/c16-12-4-2-11(3-5-12)14(20)18-6-1-7-19-15(21)13-10-17-8-9-22-13;/h2-5,13,17H,1,6-10H2,(H,18,20)(H,19,21);1H. The summed E-state index contributed by atoms with van der Waals surface area (Å²) in [6, 6.07) is 5.35. The third-order valence-electron chi connectivity index (χ3n) is 3.26. The van der Waals surface area contributed by atoms with E-state index in [2.05, 4.69) is 16.0 Å². The number of hydrogen-bond acceptors (Lipinski definition) is 4. The molecule has 1 aliphatic rings. The minimum atomic E-state index is -0.442. The summed E-state index contributed by atoms with van der Waals surface area (Å²) in [5.41, 5.74) is 0.409. The summed E-state index contributed by atoms with van der Waals surface area (Å²) in [6.45, 7) is 2.71. The molecule has 0 radical (unpaired) electrons. The van der Waals surface area contributed by atoms with Gasteiger partial charge in [-0.2, -0.15) is 0 Å². The Labute approximate surface area is 140 Å². The van der Waals surface area contributed by atoms with Crippen molar-refractivity contribution in [3.8, 4) is 0 Å². The van der Waals surface area contributed by atoms with Crippen LogP contribution in [0, 0.1) is 5.82 Å². The van der Waals surface area contributed by atoms with Gasteiger partial charge in [0.05, 0.1) is 6.61 Å². The average molecular weight is 346 g/mol. The first kappa shape index (κ1) is 19.3. The van der Waals surface area contributed by atoms with E-state index in [1.807, 2.05) is 0 Å². The molecule has 1 aliphatic heterocycles. The van der Waals surface area contributed by atoms with Crippen molar-refractivity contribution in [1.82, 2.24) is 16.0 Å². The lowest BCUT2D eigenvalue weighted by atomic mass is 10.2. The van der Waals surface area contributed by atoms with Gasteiger partial charge in [-0.1, -0.05) is 0 Å². The molecule has 1 heterocycles. The number of morpholine rings is 1. The number of carbonyl (C=O) groups excluding carboxylic acids is 2. The summed E-state index contributed by atoms with van der Waals surface area (Å²) < 4.78 is 18.1. The van der Waals surface area contributed by atoms with E-state index >= 15 is 0 Å². The Bertz CT molecular complexity index is 507. The highest BCUT2D eigenvalue weighted by atomic mass is 35.5. The van der Waals surface area contributed by atoms with Crippen LogP contribution < -0.4 is 16.0 Å². The van der Waals surface area contributed by atoms with Gasteiger partial charge in [0.25, 0.3) is 5.91 Å². The van der Waals surface area contributed by atoms with Crippen molar-refractivity contribution in [3.05, 3.63) is 35.6 Å². The van der Waals surface area contributed by atoms with Crippen LogP contribution in [-0.4, -0.2) is 50.7 Å². The SMILES string of the molecule is Cl.O=C(NCCCNC(=O)C1CNCCO1)c1ccc(F)cc1. The van der Waals surface area contributed by atoms with Gasteiger partial charge in [-0.05, 0) is 30.7 Å². The van der Waals surface area contributed by atoms with Gasteiger partial charge in [-0.3, -0.25) is 9.59 Å². The predicted octanol–water partition coefficient (Wildman–Crippen LogP) is 0.472. The molecule has 2 rings (SSSR count). The Hall–Kier alpha value is -1.70. The molecule has 2 amide bonds. The van der Waals surface area contributed by atoms with Gasteiger partial charge in [0.2, 0.25) is 5.91 Å². The minimum Gasteiger partial charge on any atom is -0.366 e. The Morgan fingerprint density at radius 2 is 1.91 bits per heavy atom. The maximum atomic E-state index is 12.7. The predicted molar refractivity (Wildman–Crippen MR) is 86.2 cm³/mol. The summed E-state index contributed by atoms with van der Waals surface area (Å²) in [6.07, 6.45) is 0.168. The van der Waals surface area contributed by atoms with Crippen LogP contribution in [0.3, 0.4) is 0 Å². The molecule has 23 heavy (non-hydrogen) atoms. The molecule has 1 aromatic rings. The zero-order valence-corrected chi connectivity index (χ0v) is 13.5. The van der Waals surface area contributed by atoms with Crippen LogP contribution in [0.25, 0.3) is 0 Å². The van der Waals surface area contributed by atoms with E-state index in [4.69, 9.17) is 4.74 Å². The van der Waals surface area contributed by atoms with Crippen LogP contribution in [-0.2, 0) is 9.53 Å². The Morgan fingerprint density at radius 1 is 1.22 bits per heavy atom. The van der Waals surface area contributed by atoms with Crippen molar-refractivity contribution in [3.63, 3.8) is 0 Å². The van der Waals surface area contributed by atoms with Crippen molar-refractivity contribution >= 4 is 24.2 Å². The molecule has 0 aromatic heterocycles. The first-order chi connectivity index (χ1) is 10.7. The lowest BCUT2D eigenvalue weighted by Gasteiger charge is -2.22. The Morgan fingerprint density at radius 3 is 2.57 bits per heavy atom. The van der Waals surface area contributed by atoms with Crippen LogP contribution in [0.2, 0.25) is 0 Å². The summed E-state index contributed by atoms with van der Waals surface area (Å²) in [7, 11) is 0. The molecular weight excluding hydrogens is 325 g/mol. The maximum Gasteiger partial charge on any atom is 0.251 e. The zero-order chi connectivity index (χ0) is 15.8. The van der Waals surface area contributed by atoms with E-state index in [9.17, 15) is 14.0 Å². The van der Waals surface area contributed by atoms with Crippen molar-refractivity contribution < 1.29 is 18.7 Å². The quantitative estimate of drug-likeness (QED) is 0.655. The summed E-state index contributed by atoms with van der Waals surface area (Å²) in [5.74, 6) is -0.776. The van der Waals surface area contributed by atoms with Gasteiger partial charge in [-0.25, -0.2) is 4.39 Å². The fourth-order valence-corrected chi connectivity index (χ4v) is 2.05. The number of nitrogens with one attached hydrogen (secondary N) is 3. The van der Waals surface area contributed by atoms with Crippen molar-refractivity contribution in [2.24, 2.45) is 0 Å². The Kier molecular flexibility index (Phi) is 8.53. The molecule has 6 nitrogen and oxygen atoms in total. The summed E-state index contributed by atoms with van der Waals surface area (Å²) in [5, 5.41) is 8.57. The van der Waals surface area contributed by atoms with E-state index in [0.717, 1.165) is 6.54 Å². The molecule has 1 unspecified atom stereocenters. The number of ether oxygens (including phenoxy) is 1. The van der Waals surface area contributed by atoms with E-state index < -0.39 is 6.10 Å². The largest absolute Gasteiger partial charge is 0.366 e. The first-order valence-corrected chi connectivity index (χ1v) is 7.30. The van der Waals surface area contributed by atoms with E-state index in [1.54, 1.807) is 0 Å². The minimum absolute atomic E-state index is 0. The molecule has 1 saturated heterocycles. The number of carbonyl (C=O) groups is 2. The highest BCUT2D eigenvalue weighted by Gasteiger charge is 2.20. The van der Waals surface area contributed by atoms with Crippen LogP contribution in [0.4, 0.5) is 4.39 Å². The molecule has 8 heteroatoms. The highest BCUT2D eigenvalue weighted by molar-refractivity contribution is 5.94. The third-order valence-corrected chi connectivity index (χ3v) is 3.26. The van der Waals surface area contributed by atoms with Crippen LogP contribution >= 0.6 is 12.4 Å². The second-order valence-electron chi connectivity index (χ2n) is 4.97. The van der Waals surface area contributed by atoms with Gasteiger partial charge in [0.15, 0.2) is 0 Å². The molecule has 0 bridgehead atoms. The second kappa shape index (κ2) is 10.1. The van der Waals surface area contributed by atoms with Crippen LogP contribution in [0.1, 0.15) is 16.8 Å². The first-order valence-electron chi connectivity index (χ1n) is 7.30. The van der Waals surface area contributed by atoms with Crippen molar-refractivity contribution in [1.29, 1.82) is 0 Å². The smallest absolute Gasteiger partial charge is 0.251 e. The fourth-order valence-electron chi connectivity index (χ4n) is 2.05. The second-order valence-corrected chi connectivity index (χ2v) is 4.97. The number of rotatable bonds is 6. The summed E-state index contributed by atoms with van der Waals surface area (Å²) >= 11 is 0. The van der Waals surface area contributed by atoms with Gasteiger partial charge < -0.3 is 20.7 Å². The molecule has 1 aromatic carbocycles. The van der Waals surface area contributed by atoms with E-state index in [-0.39, 0.29) is 30.0 Å². The van der Waals surface area contributed by atoms with E-state index in [0.29, 0.717) is 38.2 Å². The lowest BCUT2D eigenvalue weighted by molar-refractivity contribution is -0.134. The van der Waals surface area contributed by atoms with Gasteiger partial charge >= 0.3 is 0 Å². The number of benzene rings is 1. The zero-order valence-electron chi connectivity index (χ0n) is 12.6. The normalized spacial score (nSPS) is 17.0. The van der Waals surface area contributed by atoms with Gasteiger partial charge in [0.1, 0.15) is 11.9 Å². The van der Waals surface area contributed by atoms with Crippen molar-refractivity contribution in [2.45, 2.75) is 12.5 Å². The van der Waals surface area contributed by atoms with Gasteiger partial charge in [-0.15, -0.1) is 12.4 Å². The molecule has 0 aliphatic carbocycles. The lowest BCUT2D eigenvalue weighted by Crippen LogP contribution is -2.48. The average Bonchev–Trinajstić information content (AvgIpc) is 2.55. The molecular formula is C15H21ClFN3O3. The monoisotopic (exact) mass is 345 g/mol. The molecule has 0 spiro atoms. The van der Waals surface area contributed by atoms with Crippen molar-refractivity contribution in [2.75, 3.05) is 32.8 Å². The molecule has 0 saturated carbocycles. The number of amides is 2. The molecule has 1 fully saturated rings. The topological polar surface area (TPSA) is 79.5 Å². The Balaban J connectivity index is 0.00000264. The highest BCUT2D eigenvalue weighted by Crippen LogP contribution is 2.02. The van der Waals surface area contributed by atoms with Gasteiger partial charge in [0, 0.05) is 31.7 Å². The molecule has 1 atom stereocenters. The van der Waals surface area contributed by atoms with E-state index in [1.165, 1.54) is 24.3 Å². The van der Waals surface area contributed by atoms with Crippen LogP contribution in [0.15, 0.2) is 24.3 Å². The fraction of sp³-hybridized carbons (Fsp3) is 0.467. The maximum absolute atomic E-state index is 12.7. The molecule has 3 N–H and O–H groups in total. The number of hydrogen-bond donors (Lipinski definition) is 3.